The van der Waals surface area contributed by atoms with Crippen molar-refractivity contribution in [2.75, 3.05) is 5.32 Å². The fraction of sp³-hybridized carbons (Fsp3) is 0.0833. The Kier molecular flexibility index (Phi) is 2.85. The highest BCUT2D eigenvalue weighted by Crippen LogP contribution is 2.21. The second kappa shape index (κ2) is 4.51. The summed E-state index contributed by atoms with van der Waals surface area (Å²) >= 11 is 7.48. The summed E-state index contributed by atoms with van der Waals surface area (Å²) in [6.07, 6.45) is 0. The lowest BCUT2D eigenvalue weighted by Gasteiger charge is -2.04. The van der Waals surface area contributed by atoms with Crippen LogP contribution >= 0.6 is 22.9 Å². The third-order valence-electron chi connectivity index (χ3n) is 2.60. The average Bonchev–Trinajstić information content (AvgIpc) is 2.90. The molecule has 0 fully saturated rings. The van der Waals surface area contributed by atoms with E-state index < -0.39 is 0 Å². The highest BCUT2D eigenvalue weighted by molar-refractivity contribution is 7.10. The number of rotatable bonds is 3. The minimum atomic E-state index is -0.188. The van der Waals surface area contributed by atoms with E-state index in [0.29, 0.717) is 0 Å². The van der Waals surface area contributed by atoms with Crippen LogP contribution in [0, 0.1) is 0 Å². The summed E-state index contributed by atoms with van der Waals surface area (Å²) in [5.74, 6) is 0. The monoisotopic (exact) mass is 279 g/mol. The van der Waals surface area contributed by atoms with Gasteiger partial charge in [-0.3, -0.25) is 0 Å². The maximum Gasteiger partial charge on any atom is 0.323 e. The van der Waals surface area contributed by atoms with Gasteiger partial charge in [0.25, 0.3) is 0 Å². The molecule has 0 bridgehead atoms. The topological polar surface area (TPSA) is 60.7 Å². The molecule has 2 heterocycles. The number of H-pyrrole nitrogens is 2. The van der Waals surface area contributed by atoms with E-state index in [1.54, 1.807) is 11.3 Å². The first-order valence-electron chi connectivity index (χ1n) is 5.39. The van der Waals surface area contributed by atoms with Crippen molar-refractivity contribution in [3.8, 4) is 0 Å². The van der Waals surface area contributed by atoms with E-state index in [1.165, 1.54) is 4.88 Å². The fourth-order valence-electron chi connectivity index (χ4n) is 1.78. The molecule has 1 aromatic carbocycles. The van der Waals surface area contributed by atoms with Gasteiger partial charge in [0, 0.05) is 22.5 Å². The van der Waals surface area contributed by atoms with Crippen molar-refractivity contribution in [1.82, 2.24) is 9.97 Å². The summed E-state index contributed by atoms with van der Waals surface area (Å²) in [7, 11) is 0. The van der Waals surface area contributed by atoms with E-state index in [9.17, 15) is 4.79 Å². The molecule has 0 radical (unpaired) electrons. The molecule has 0 saturated carbocycles. The lowest BCUT2D eigenvalue weighted by atomic mass is 10.2. The zero-order valence-corrected chi connectivity index (χ0v) is 10.9. The van der Waals surface area contributed by atoms with Gasteiger partial charge in [-0.25, -0.2) is 4.79 Å². The molecule has 18 heavy (non-hydrogen) atoms. The van der Waals surface area contributed by atoms with Crippen molar-refractivity contribution < 1.29 is 0 Å². The summed E-state index contributed by atoms with van der Waals surface area (Å²) in [4.78, 5) is 17.7. The minimum Gasteiger partial charge on any atom is -0.380 e. The second-order valence-electron chi connectivity index (χ2n) is 3.92. The first-order chi connectivity index (χ1) is 8.70. The van der Waals surface area contributed by atoms with Crippen molar-refractivity contribution in [3.05, 3.63) is 50.0 Å². The molecule has 0 spiro atoms. The minimum absolute atomic E-state index is 0.188. The van der Waals surface area contributed by atoms with Gasteiger partial charge in [0.1, 0.15) is 0 Å². The molecule has 2 aromatic heterocycles. The molecule has 0 amide bonds. The molecule has 0 aliphatic heterocycles. The number of fused-ring (bicyclic) bond motifs is 1. The van der Waals surface area contributed by atoms with Crippen LogP contribution in [0.1, 0.15) is 4.88 Å². The fourth-order valence-corrected chi connectivity index (χ4v) is 2.79. The summed E-state index contributed by atoms with van der Waals surface area (Å²) < 4.78 is 0. The third kappa shape index (κ3) is 2.27. The molecule has 3 aromatic rings. The quantitative estimate of drug-likeness (QED) is 0.689. The molecule has 3 rings (SSSR count). The molecular formula is C12H10ClN3OS. The van der Waals surface area contributed by atoms with Gasteiger partial charge in [0.05, 0.1) is 16.1 Å². The van der Waals surface area contributed by atoms with Crippen LogP contribution in [0.25, 0.3) is 11.0 Å². The number of hydrogen-bond acceptors (Lipinski definition) is 3. The summed E-state index contributed by atoms with van der Waals surface area (Å²) in [5.41, 5.74) is 2.38. The first kappa shape index (κ1) is 11.4. The number of nitrogens with one attached hydrogen (secondary N) is 3. The van der Waals surface area contributed by atoms with Crippen molar-refractivity contribution in [3.63, 3.8) is 0 Å². The van der Waals surface area contributed by atoms with Gasteiger partial charge in [-0.2, -0.15) is 0 Å². The van der Waals surface area contributed by atoms with Gasteiger partial charge in [-0.1, -0.05) is 11.6 Å². The van der Waals surface area contributed by atoms with E-state index in [0.717, 1.165) is 28.3 Å². The molecule has 92 valence electrons. The number of anilines is 1. The molecule has 3 N–H and O–H groups in total. The van der Waals surface area contributed by atoms with Crippen LogP contribution in [0.3, 0.4) is 0 Å². The molecule has 0 unspecified atom stereocenters. The lowest BCUT2D eigenvalue weighted by Crippen LogP contribution is -1.99. The molecule has 0 aliphatic carbocycles. The first-order valence-corrected chi connectivity index (χ1v) is 6.65. The number of hydrogen-bond donors (Lipinski definition) is 3. The van der Waals surface area contributed by atoms with E-state index in [-0.39, 0.29) is 5.69 Å². The average molecular weight is 280 g/mol. The molecule has 0 atom stereocenters. The van der Waals surface area contributed by atoms with Gasteiger partial charge in [-0.05, 0) is 24.3 Å². The van der Waals surface area contributed by atoms with Crippen LogP contribution in [0.4, 0.5) is 5.69 Å². The van der Waals surface area contributed by atoms with Gasteiger partial charge < -0.3 is 15.3 Å². The summed E-state index contributed by atoms with van der Waals surface area (Å²) in [6, 6.07) is 7.65. The van der Waals surface area contributed by atoms with Crippen molar-refractivity contribution in [2.45, 2.75) is 6.54 Å². The van der Waals surface area contributed by atoms with E-state index >= 15 is 0 Å². The number of thiophene rings is 1. The van der Waals surface area contributed by atoms with Crippen molar-refractivity contribution >= 4 is 39.7 Å². The Balaban J connectivity index is 1.80. The predicted octanol–water partition coefficient (Wildman–Crippen LogP) is 3.18. The SMILES string of the molecule is O=c1[nH]c2ccc(NCc3cc(Cl)cs3)cc2[nH]1. The van der Waals surface area contributed by atoms with Crippen LogP contribution in [-0.4, -0.2) is 9.97 Å². The number of benzene rings is 1. The van der Waals surface area contributed by atoms with E-state index in [4.69, 9.17) is 11.6 Å². The number of aromatic amines is 2. The van der Waals surface area contributed by atoms with Gasteiger partial charge in [-0.15, -0.1) is 11.3 Å². The highest BCUT2D eigenvalue weighted by atomic mass is 35.5. The van der Waals surface area contributed by atoms with E-state index in [2.05, 4.69) is 15.3 Å². The Labute approximate surface area is 112 Å². The Hall–Kier alpha value is -1.72. The largest absolute Gasteiger partial charge is 0.380 e. The highest BCUT2D eigenvalue weighted by Gasteiger charge is 2.01. The zero-order chi connectivity index (χ0) is 12.5. The normalized spacial score (nSPS) is 10.9. The van der Waals surface area contributed by atoms with Crippen LogP contribution in [0.5, 0.6) is 0 Å². The Morgan fingerprint density at radius 2 is 2.06 bits per heavy atom. The maximum atomic E-state index is 11.1. The summed E-state index contributed by atoms with van der Waals surface area (Å²) in [5, 5.41) is 5.97. The Morgan fingerprint density at radius 3 is 2.83 bits per heavy atom. The van der Waals surface area contributed by atoms with Crippen LogP contribution in [0.15, 0.2) is 34.4 Å². The molecule has 0 aliphatic rings. The molecule has 4 nitrogen and oxygen atoms in total. The Bertz CT molecular complexity index is 743. The molecule has 0 saturated heterocycles. The van der Waals surface area contributed by atoms with Gasteiger partial charge in [0.15, 0.2) is 0 Å². The zero-order valence-electron chi connectivity index (χ0n) is 9.29. The van der Waals surface area contributed by atoms with Crippen LogP contribution in [-0.2, 0) is 6.54 Å². The van der Waals surface area contributed by atoms with Gasteiger partial charge >= 0.3 is 5.69 Å². The van der Waals surface area contributed by atoms with Gasteiger partial charge in [0.2, 0.25) is 0 Å². The molecular weight excluding hydrogens is 270 g/mol. The van der Waals surface area contributed by atoms with Crippen LogP contribution < -0.4 is 11.0 Å². The third-order valence-corrected chi connectivity index (χ3v) is 3.89. The maximum absolute atomic E-state index is 11.1. The van der Waals surface area contributed by atoms with Crippen molar-refractivity contribution in [2.24, 2.45) is 0 Å². The predicted molar refractivity (Wildman–Crippen MR) is 75.6 cm³/mol. The van der Waals surface area contributed by atoms with Crippen LogP contribution in [0.2, 0.25) is 5.02 Å². The lowest BCUT2D eigenvalue weighted by molar-refractivity contribution is 1.19. The summed E-state index contributed by atoms with van der Waals surface area (Å²) in [6.45, 7) is 0.720. The van der Waals surface area contributed by atoms with E-state index in [1.807, 2.05) is 29.6 Å². The standard InChI is InChI=1S/C12H10ClN3OS/c13-7-3-9(18-6-7)5-14-8-1-2-10-11(4-8)16-12(17)15-10/h1-4,6,14H,5H2,(H2,15,16,17). The Morgan fingerprint density at radius 1 is 1.22 bits per heavy atom. The number of aromatic nitrogens is 2. The molecule has 6 heteroatoms. The number of halogens is 1. The second-order valence-corrected chi connectivity index (χ2v) is 5.36. The smallest absolute Gasteiger partial charge is 0.323 e. The van der Waals surface area contributed by atoms with Crippen molar-refractivity contribution in [1.29, 1.82) is 0 Å². The number of imidazole rings is 1.